The molecular formula is C14H10ClFO3. The molecule has 0 saturated carbocycles. The van der Waals surface area contributed by atoms with Gasteiger partial charge in [-0.2, -0.15) is 0 Å². The number of esters is 1. The van der Waals surface area contributed by atoms with Gasteiger partial charge in [0.1, 0.15) is 11.6 Å². The lowest BCUT2D eigenvalue weighted by Crippen LogP contribution is -2.02. The SMILES string of the molecule is COC(=O)c1cc(-c2ccc(O)cc2F)ccc1Cl. The average Bonchev–Trinajstić information content (AvgIpc) is 2.39. The van der Waals surface area contributed by atoms with E-state index in [0.29, 0.717) is 5.56 Å². The fourth-order valence-corrected chi connectivity index (χ4v) is 1.89. The van der Waals surface area contributed by atoms with Crippen LogP contribution in [0.15, 0.2) is 36.4 Å². The monoisotopic (exact) mass is 280 g/mol. The molecule has 0 heterocycles. The van der Waals surface area contributed by atoms with Crippen LogP contribution < -0.4 is 0 Å². The first kappa shape index (κ1) is 13.4. The number of aromatic hydroxyl groups is 1. The summed E-state index contributed by atoms with van der Waals surface area (Å²) in [5.74, 6) is -1.34. The van der Waals surface area contributed by atoms with Gasteiger partial charge in [0.05, 0.1) is 17.7 Å². The van der Waals surface area contributed by atoms with Gasteiger partial charge in [-0.05, 0) is 29.8 Å². The molecule has 5 heteroatoms. The summed E-state index contributed by atoms with van der Waals surface area (Å²) in [6.45, 7) is 0. The summed E-state index contributed by atoms with van der Waals surface area (Å²) in [7, 11) is 1.24. The number of rotatable bonds is 2. The van der Waals surface area contributed by atoms with Gasteiger partial charge in [-0.15, -0.1) is 0 Å². The van der Waals surface area contributed by atoms with E-state index in [1.54, 1.807) is 6.07 Å². The summed E-state index contributed by atoms with van der Waals surface area (Å²) in [6.07, 6.45) is 0. The number of carbonyl (C=O) groups excluding carboxylic acids is 1. The Morgan fingerprint density at radius 2 is 2.00 bits per heavy atom. The van der Waals surface area contributed by atoms with E-state index in [4.69, 9.17) is 11.6 Å². The Morgan fingerprint density at radius 1 is 1.26 bits per heavy atom. The molecule has 0 amide bonds. The van der Waals surface area contributed by atoms with Crippen LogP contribution >= 0.6 is 11.6 Å². The number of hydrogen-bond acceptors (Lipinski definition) is 3. The number of hydrogen-bond donors (Lipinski definition) is 1. The molecular weight excluding hydrogens is 271 g/mol. The van der Waals surface area contributed by atoms with Crippen molar-refractivity contribution in [2.45, 2.75) is 0 Å². The van der Waals surface area contributed by atoms with Gasteiger partial charge in [-0.25, -0.2) is 9.18 Å². The van der Waals surface area contributed by atoms with Crippen molar-refractivity contribution in [2.75, 3.05) is 7.11 Å². The zero-order valence-electron chi connectivity index (χ0n) is 9.98. The third-order valence-electron chi connectivity index (χ3n) is 2.64. The van der Waals surface area contributed by atoms with Crippen LogP contribution in [0, 0.1) is 5.82 Å². The van der Waals surface area contributed by atoms with Gasteiger partial charge in [0.2, 0.25) is 0 Å². The Hall–Kier alpha value is -2.07. The number of halogens is 2. The Kier molecular flexibility index (Phi) is 3.71. The van der Waals surface area contributed by atoms with Crippen LogP contribution in [0.4, 0.5) is 4.39 Å². The summed E-state index contributed by atoms with van der Waals surface area (Å²) in [5.41, 5.74) is 0.899. The third-order valence-corrected chi connectivity index (χ3v) is 2.96. The highest BCUT2D eigenvalue weighted by atomic mass is 35.5. The first-order valence-corrected chi connectivity index (χ1v) is 5.77. The molecule has 0 atom stereocenters. The number of carbonyl (C=O) groups is 1. The molecule has 1 N–H and O–H groups in total. The van der Waals surface area contributed by atoms with Crippen LogP contribution in [0.1, 0.15) is 10.4 Å². The molecule has 19 heavy (non-hydrogen) atoms. The summed E-state index contributed by atoms with van der Waals surface area (Å²) < 4.78 is 18.3. The van der Waals surface area contributed by atoms with Crippen molar-refractivity contribution >= 4 is 17.6 Å². The van der Waals surface area contributed by atoms with Gasteiger partial charge in [-0.1, -0.05) is 17.7 Å². The molecule has 98 valence electrons. The average molecular weight is 281 g/mol. The maximum absolute atomic E-state index is 13.7. The van der Waals surface area contributed by atoms with Crippen LogP contribution in [0.2, 0.25) is 5.02 Å². The van der Waals surface area contributed by atoms with Crippen molar-refractivity contribution in [3.8, 4) is 16.9 Å². The van der Waals surface area contributed by atoms with Crippen LogP contribution in [0.5, 0.6) is 5.75 Å². The second-order valence-corrected chi connectivity index (χ2v) is 4.26. The summed E-state index contributed by atoms with van der Waals surface area (Å²) in [5, 5.41) is 9.41. The summed E-state index contributed by atoms with van der Waals surface area (Å²) in [6, 6.07) is 8.32. The number of phenolic OH excluding ortho intramolecular Hbond substituents is 1. The number of methoxy groups -OCH3 is 1. The van der Waals surface area contributed by atoms with E-state index in [1.807, 2.05) is 0 Å². The van der Waals surface area contributed by atoms with Gasteiger partial charge in [0.25, 0.3) is 0 Å². The van der Waals surface area contributed by atoms with Crippen molar-refractivity contribution < 1.29 is 19.0 Å². The molecule has 3 nitrogen and oxygen atoms in total. The van der Waals surface area contributed by atoms with E-state index in [-0.39, 0.29) is 21.9 Å². The molecule has 0 fully saturated rings. The molecule has 2 aromatic carbocycles. The summed E-state index contributed by atoms with van der Waals surface area (Å²) in [4.78, 5) is 11.5. The van der Waals surface area contributed by atoms with E-state index >= 15 is 0 Å². The molecule has 0 aliphatic rings. The number of ether oxygens (including phenoxy) is 1. The van der Waals surface area contributed by atoms with Crippen LogP contribution in [0.3, 0.4) is 0 Å². The second kappa shape index (κ2) is 5.28. The molecule has 0 spiro atoms. The van der Waals surface area contributed by atoms with Crippen molar-refractivity contribution in [3.63, 3.8) is 0 Å². The van der Waals surface area contributed by atoms with Crippen molar-refractivity contribution in [3.05, 3.63) is 52.8 Å². The smallest absolute Gasteiger partial charge is 0.339 e. The first-order valence-electron chi connectivity index (χ1n) is 5.39. The first-order chi connectivity index (χ1) is 9.02. The van der Waals surface area contributed by atoms with E-state index in [0.717, 1.165) is 6.07 Å². The second-order valence-electron chi connectivity index (χ2n) is 3.85. The van der Waals surface area contributed by atoms with E-state index in [9.17, 15) is 14.3 Å². The van der Waals surface area contributed by atoms with Gasteiger partial charge in [-0.3, -0.25) is 0 Å². The number of benzene rings is 2. The van der Waals surface area contributed by atoms with E-state index in [1.165, 1.54) is 31.4 Å². The van der Waals surface area contributed by atoms with E-state index < -0.39 is 11.8 Å². The normalized spacial score (nSPS) is 10.3. The summed E-state index contributed by atoms with van der Waals surface area (Å²) >= 11 is 5.89. The standard InChI is InChI=1S/C14H10ClFO3/c1-19-14(18)11-6-8(2-5-12(11)15)10-4-3-9(17)7-13(10)16/h2-7,17H,1H3. The zero-order chi connectivity index (χ0) is 14.0. The van der Waals surface area contributed by atoms with Crippen molar-refractivity contribution in [2.24, 2.45) is 0 Å². The largest absolute Gasteiger partial charge is 0.508 e. The fraction of sp³-hybridized carbons (Fsp3) is 0.0714. The molecule has 0 aliphatic heterocycles. The predicted octanol–water partition coefficient (Wildman–Crippen LogP) is 3.64. The quantitative estimate of drug-likeness (QED) is 0.854. The van der Waals surface area contributed by atoms with Gasteiger partial charge in [0, 0.05) is 11.6 Å². The molecule has 0 bridgehead atoms. The number of phenols is 1. The zero-order valence-corrected chi connectivity index (χ0v) is 10.7. The molecule has 0 aromatic heterocycles. The minimum absolute atomic E-state index is 0.161. The lowest BCUT2D eigenvalue weighted by atomic mass is 10.0. The van der Waals surface area contributed by atoms with Crippen LogP contribution in [-0.4, -0.2) is 18.2 Å². The Morgan fingerprint density at radius 3 is 2.63 bits per heavy atom. The molecule has 2 rings (SSSR count). The van der Waals surface area contributed by atoms with Gasteiger partial charge >= 0.3 is 5.97 Å². The lowest BCUT2D eigenvalue weighted by molar-refractivity contribution is 0.0601. The van der Waals surface area contributed by atoms with Crippen LogP contribution in [-0.2, 0) is 4.74 Å². The molecule has 0 saturated heterocycles. The van der Waals surface area contributed by atoms with Gasteiger partial charge in [0.15, 0.2) is 0 Å². The highest BCUT2D eigenvalue weighted by Crippen LogP contribution is 2.29. The Balaban J connectivity index is 2.54. The maximum Gasteiger partial charge on any atom is 0.339 e. The highest BCUT2D eigenvalue weighted by Gasteiger charge is 2.14. The highest BCUT2D eigenvalue weighted by molar-refractivity contribution is 6.33. The molecule has 0 unspecified atom stereocenters. The predicted molar refractivity (Wildman–Crippen MR) is 69.9 cm³/mol. The lowest BCUT2D eigenvalue weighted by Gasteiger charge is -2.07. The molecule has 0 aliphatic carbocycles. The Bertz CT molecular complexity index is 641. The minimum Gasteiger partial charge on any atom is -0.508 e. The van der Waals surface area contributed by atoms with Crippen molar-refractivity contribution in [1.29, 1.82) is 0 Å². The molecule has 2 aromatic rings. The van der Waals surface area contributed by atoms with Crippen molar-refractivity contribution in [1.82, 2.24) is 0 Å². The third kappa shape index (κ3) is 2.69. The van der Waals surface area contributed by atoms with Crippen LogP contribution in [0.25, 0.3) is 11.1 Å². The topological polar surface area (TPSA) is 46.5 Å². The van der Waals surface area contributed by atoms with Gasteiger partial charge < -0.3 is 9.84 Å². The minimum atomic E-state index is -0.592. The van der Waals surface area contributed by atoms with E-state index in [2.05, 4.69) is 4.74 Å². The molecule has 0 radical (unpaired) electrons. The Labute approximate surface area is 114 Å². The maximum atomic E-state index is 13.7. The fourth-order valence-electron chi connectivity index (χ4n) is 1.70.